The topological polar surface area (TPSA) is 36.4 Å². The smallest absolute Gasteiger partial charge is 0.255 e. The highest BCUT2D eigenvalue weighted by Gasteiger charge is 2.22. The molecule has 6 heteroatoms. The number of thiazole rings is 1. The van der Waals surface area contributed by atoms with Gasteiger partial charge in [-0.1, -0.05) is 12.1 Å². The monoisotopic (exact) mass is 347 g/mol. The summed E-state index contributed by atoms with van der Waals surface area (Å²) in [6, 6.07) is 7.91. The van der Waals surface area contributed by atoms with Crippen LogP contribution in [0, 0.1) is 6.92 Å². The van der Waals surface area contributed by atoms with E-state index < -0.39 is 0 Å². The molecule has 4 nitrogen and oxygen atoms in total. The van der Waals surface area contributed by atoms with Crippen molar-refractivity contribution in [1.29, 1.82) is 0 Å². The fourth-order valence-corrected chi connectivity index (χ4v) is 4.23. The third-order valence-electron chi connectivity index (χ3n) is 3.95. The molecule has 1 aromatic heterocycles. The first-order valence-electron chi connectivity index (χ1n) is 7.74. The van der Waals surface area contributed by atoms with Crippen LogP contribution in [0.1, 0.15) is 21.1 Å². The van der Waals surface area contributed by atoms with Crippen LogP contribution in [0.3, 0.4) is 0 Å². The highest BCUT2D eigenvalue weighted by atomic mass is 32.2. The van der Waals surface area contributed by atoms with E-state index in [0.29, 0.717) is 0 Å². The van der Waals surface area contributed by atoms with Gasteiger partial charge in [0.1, 0.15) is 0 Å². The number of amides is 1. The van der Waals surface area contributed by atoms with Crippen molar-refractivity contribution in [2.75, 3.05) is 33.2 Å². The molecule has 0 spiro atoms. The summed E-state index contributed by atoms with van der Waals surface area (Å²) in [5, 5.41) is 3.18. The van der Waals surface area contributed by atoms with Crippen molar-refractivity contribution in [3.05, 3.63) is 45.9 Å². The molecule has 1 saturated heterocycles. The number of likely N-dealkylation sites (N-methyl/N-ethyl adjacent to an activating group) is 1. The van der Waals surface area contributed by atoms with E-state index >= 15 is 0 Å². The number of hydrogen-bond donors (Lipinski definition) is 0. The van der Waals surface area contributed by atoms with Gasteiger partial charge in [0.25, 0.3) is 5.91 Å². The summed E-state index contributed by atoms with van der Waals surface area (Å²) in [5.74, 6) is 0.952. The molecule has 3 rings (SSSR count). The van der Waals surface area contributed by atoms with E-state index in [1.165, 1.54) is 0 Å². The number of piperazine rings is 1. The van der Waals surface area contributed by atoms with E-state index in [4.69, 9.17) is 0 Å². The summed E-state index contributed by atoms with van der Waals surface area (Å²) in [4.78, 5) is 22.6. The number of thioether (sulfide) groups is 1. The molecule has 1 amide bonds. The lowest BCUT2D eigenvalue weighted by atomic mass is 10.2. The lowest BCUT2D eigenvalue weighted by molar-refractivity contribution is 0.0660. The zero-order valence-corrected chi connectivity index (χ0v) is 15.1. The lowest BCUT2D eigenvalue weighted by Gasteiger charge is -2.32. The predicted octanol–water partition coefficient (Wildman–Crippen LogP) is 3.13. The lowest BCUT2D eigenvalue weighted by Crippen LogP contribution is -2.47. The third kappa shape index (κ3) is 4.13. The first-order valence-corrected chi connectivity index (χ1v) is 9.60. The van der Waals surface area contributed by atoms with Crippen molar-refractivity contribution in [2.45, 2.75) is 17.6 Å². The molecule has 0 bridgehead atoms. The number of carbonyl (C=O) groups excluding carboxylic acids is 1. The number of benzene rings is 1. The van der Waals surface area contributed by atoms with Crippen molar-refractivity contribution < 1.29 is 4.79 Å². The van der Waals surface area contributed by atoms with E-state index in [1.54, 1.807) is 23.1 Å². The van der Waals surface area contributed by atoms with Gasteiger partial charge in [0.15, 0.2) is 0 Å². The molecular formula is C17H21N3OS2. The predicted molar refractivity (Wildman–Crippen MR) is 96.3 cm³/mol. The highest BCUT2D eigenvalue weighted by Crippen LogP contribution is 2.27. The maximum Gasteiger partial charge on any atom is 0.255 e. The number of aromatic nitrogens is 1. The minimum absolute atomic E-state index is 0.149. The maximum absolute atomic E-state index is 12.8. The van der Waals surface area contributed by atoms with Gasteiger partial charge in [0, 0.05) is 42.2 Å². The molecule has 0 radical (unpaired) electrons. The standard InChI is InChI=1S/C17H21N3OS2/c1-13-18-14(11-22-13)12-23-16-6-4-3-5-15(16)17(21)20-9-7-19(2)8-10-20/h3-6,11H,7-10,12H2,1-2H3. The molecule has 1 aromatic carbocycles. The number of aryl methyl sites for hydroxylation is 1. The molecule has 0 aliphatic carbocycles. The quantitative estimate of drug-likeness (QED) is 0.796. The summed E-state index contributed by atoms with van der Waals surface area (Å²) in [5.41, 5.74) is 1.90. The van der Waals surface area contributed by atoms with E-state index in [-0.39, 0.29) is 5.91 Å². The van der Waals surface area contributed by atoms with Crippen LogP contribution in [0.5, 0.6) is 0 Å². The van der Waals surface area contributed by atoms with Crippen LogP contribution in [0.15, 0.2) is 34.5 Å². The molecule has 0 atom stereocenters. The Morgan fingerprint density at radius 1 is 1.26 bits per heavy atom. The molecule has 1 aliphatic rings. The second-order valence-electron chi connectivity index (χ2n) is 5.74. The average molecular weight is 348 g/mol. The van der Waals surface area contributed by atoms with Gasteiger partial charge in [-0.15, -0.1) is 23.1 Å². The van der Waals surface area contributed by atoms with Crippen LogP contribution in [0.2, 0.25) is 0 Å². The average Bonchev–Trinajstić information content (AvgIpc) is 2.99. The van der Waals surface area contributed by atoms with Crippen LogP contribution in [-0.2, 0) is 5.75 Å². The molecule has 23 heavy (non-hydrogen) atoms. The van der Waals surface area contributed by atoms with Gasteiger partial charge < -0.3 is 9.80 Å². The molecule has 0 unspecified atom stereocenters. The number of nitrogens with zero attached hydrogens (tertiary/aromatic N) is 3. The third-order valence-corrected chi connectivity index (χ3v) is 5.88. The molecule has 0 N–H and O–H groups in total. The number of rotatable bonds is 4. The summed E-state index contributed by atoms with van der Waals surface area (Å²) in [7, 11) is 2.10. The van der Waals surface area contributed by atoms with E-state index in [1.807, 2.05) is 36.1 Å². The minimum atomic E-state index is 0.149. The Balaban J connectivity index is 1.71. The van der Waals surface area contributed by atoms with E-state index in [9.17, 15) is 4.79 Å². The number of carbonyl (C=O) groups is 1. The Hall–Kier alpha value is -1.37. The maximum atomic E-state index is 12.8. The molecule has 2 heterocycles. The zero-order chi connectivity index (χ0) is 16.2. The first-order chi connectivity index (χ1) is 11.1. The molecule has 1 aliphatic heterocycles. The van der Waals surface area contributed by atoms with Crippen LogP contribution < -0.4 is 0 Å². The van der Waals surface area contributed by atoms with Gasteiger partial charge in [-0.2, -0.15) is 0 Å². The molecule has 1 fully saturated rings. The zero-order valence-electron chi connectivity index (χ0n) is 13.5. The number of hydrogen-bond acceptors (Lipinski definition) is 5. The van der Waals surface area contributed by atoms with Crippen LogP contribution in [0.25, 0.3) is 0 Å². The normalized spacial score (nSPS) is 15.8. The SMILES string of the molecule is Cc1nc(CSc2ccccc2C(=O)N2CCN(C)CC2)cs1. The van der Waals surface area contributed by atoms with Crippen molar-refractivity contribution in [2.24, 2.45) is 0 Å². The largest absolute Gasteiger partial charge is 0.336 e. The van der Waals surface area contributed by atoms with E-state index in [2.05, 4.69) is 22.3 Å². The van der Waals surface area contributed by atoms with Crippen LogP contribution in [0.4, 0.5) is 0 Å². The summed E-state index contributed by atoms with van der Waals surface area (Å²) < 4.78 is 0. The Morgan fingerprint density at radius 3 is 2.70 bits per heavy atom. The second-order valence-corrected chi connectivity index (χ2v) is 7.82. The van der Waals surface area contributed by atoms with Gasteiger partial charge in [-0.25, -0.2) is 4.98 Å². The van der Waals surface area contributed by atoms with Crippen LogP contribution in [-0.4, -0.2) is 53.9 Å². The summed E-state index contributed by atoms with van der Waals surface area (Å²) in [6.45, 7) is 5.52. The van der Waals surface area contributed by atoms with Gasteiger partial charge in [-0.05, 0) is 26.1 Å². The first kappa shape index (κ1) is 16.5. The highest BCUT2D eigenvalue weighted by molar-refractivity contribution is 7.98. The second kappa shape index (κ2) is 7.47. The van der Waals surface area contributed by atoms with Crippen molar-refractivity contribution >= 4 is 29.0 Å². The van der Waals surface area contributed by atoms with Gasteiger partial charge in [-0.3, -0.25) is 4.79 Å². The molecule has 2 aromatic rings. The summed E-state index contributed by atoms with van der Waals surface area (Å²) >= 11 is 3.36. The van der Waals surface area contributed by atoms with Crippen molar-refractivity contribution in [3.8, 4) is 0 Å². The van der Waals surface area contributed by atoms with E-state index in [0.717, 1.165) is 53.1 Å². The molecule has 0 saturated carbocycles. The Morgan fingerprint density at radius 2 is 2.00 bits per heavy atom. The van der Waals surface area contributed by atoms with Gasteiger partial charge in [0.05, 0.1) is 16.3 Å². The summed E-state index contributed by atoms with van der Waals surface area (Å²) in [6.07, 6.45) is 0. The van der Waals surface area contributed by atoms with Gasteiger partial charge >= 0.3 is 0 Å². The van der Waals surface area contributed by atoms with Crippen molar-refractivity contribution in [3.63, 3.8) is 0 Å². The minimum Gasteiger partial charge on any atom is -0.336 e. The molecular weight excluding hydrogens is 326 g/mol. The fraction of sp³-hybridized carbons (Fsp3) is 0.412. The molecule has 122 valence electrons. The van der Waals surface area contributed by atoms with Crippen molar-refractivity contribution in [1.82, 2.24) is 14.8 Å². The Bertz CT molecular complexity index is 678. The fourth-order valence-electron chi connectivity index (χ4n) is 2.58. The Labute approximate surface area is 145 Å². The van der Waals surface area contributed by atoms with Gasteiger partial charge in [0.2, 0.25) is 0 Å². The van der Waals surface area contributed by atoms with Crippen LogP contribution >= 0.6 is 23.1 Å². The Kier molecular flexibility index (Phi) is 5.35.